The monoisotopic (exact) mass is 264 g/mol. The van der Waals surface area contributed by atoms with Gasteiger partial charge in [0.1, 0.15) is 18.4 Å². The van der Waals surface area contributed by atoms with Crippen LogP contribution in [0.3, 0.4) is 0 Å². The Kier molecular flexibility index (Phi) is 5.36. The van der Waals surface area contributed by atoms with E-state index in [0.29, 0.717) is 0 Å². The average molecular weight is 264 g/mol. The van der Waals surface area contributed by atoms with Gasteiger partial charge in [-0.1, -0.05) is 19.9 Å². The van der Waals surface area contributed by atoms with Crippen LogP contribution in [0.2, 0.25) is 0 Å². The van der Waals surface area contributed by atoms with Gasteiger partial charge in [-0.3, -0.25) is 4.79 Å². The van der Waals surface area contributed by atoms with Crippen LogP contribution in [-0.2, 0) is 4.79 Å². The molecule has 0 saturated heterocycles. The highest BCUT2D eigenvalue weighted by atomic mass is 16.5. The fraction of sp³-hybridized carbons (Fsp3) is 0.533. The van der Waals surface area contributed by atoms with Crippen molar-refractivity contribution in [1.29, 1.82) is 0 Å². The Morgan fingerprint density at radius 1 is 1.32 bits per heavy atom. The van der Waals surface area contributed by atoms with E-state index in [1.165, 1.54) is 5.56 Å². The molecular weight excluding hydrogens is 240 g/mol. The molecule has 0 heterocycles. The molecule has 3 N–H and O–H groups in total. The summed E-state index contributed by atoms with van der Waals surface area (Å²) < 4.78 is 5.76. The average Bonchev–Trinajstić information content (AvgIpc) is 2.29. The molecular formula is C15H24N2O2. The Balaban J connectivity index is 2.77. The van der Waals surface area contributed by atoms with Crippen molar-refractivity contribution in [3.8, 4) is 5.75 Å². The Labute approximate surface area is 115 Å². The molecule has 0 radical (unpaired) electrons. The van der Waals surface area contributed by atoms with E-state index in [-0.39, 0.29) is 12.6 Å². The summed E-state index contributed by atoms with van der Waals surface area (Å²) in [4.78, 5) is 11.4. The molecule has 1 rings (SSSR count). The van der Waals surface area contributed by atoms with Crippen LogP contribution in [0.15, 0.2) is 12.1 Å². The lowest BCUT2D eigenvalue weighted by atomic mass is 10.1. The minimum Gasteiger partial charge on any atom is -0.491 e. The molecule has 1 aromatic rings. The van der Waals surface area contributed by atoms with Crippen molar-refractivity contribution >= 4 is 5.91 Å². The van der Waals surface area contributed by atoms with Crippen LogP contribution in [-0.4, -0.2) is 24.6 Å². The summed E-state index contributed by atoms with van der Waals surface area (Å²) in [7, 11) is 0. The summed E-state index contributed by atoms with van der Waals surface area (Å²) in [6, 6.07) is 3.80. The minimum atomic E-state index is -0.472. The Bertz CT molecular complexity index is 456. The van der Waals surface area contributed by atoms with E-state index < -0.39 is 11.9 Å². The van der Waals surface area contributed by atoms with E-state index in [0.717, 1.165) is 16.9 Å². The third kappa shape index (κ3) is 4.56. The molecule has 0 aliphatic heterocycles. The first-order valence-corrected chi connectivity index (χ1v) is 6.57. The lowest BCUT2D eigenvalue weighted by Gasteiger charge is -2.20. The van der Waals surface area contributed by atoms with Gasteiger partial charge in [-0.2, -0.15) is 0 Å². The largest absolute Gasteiger partial charge is 0.491 e. The van der Waals surface area contributed by atoms with Crippen LogP contribution >= 0.6 is 0 Å². The first kappa shape index (κ1) is 15.5. The Morgan fingerprint density at radius 2 is 1.95 bits per heavy atom. The van der Waals surface area contributed by atoms with Crippen molar-refractivity contribution in [2.45, 2.75) is 46.7 Å². The number of carbonyl (C=O) groups is 1. The van der Waals surface area contributed by atoms with Gasteiger partial charge in [0.25, 0.3) is 0 Å². The SMILES string of the molecule is Cc1cc(C)c(C)c(OCC(NC(C)C)C(N)=O)c1. The van der Waals surface area contributed by atoms with Crippen molar-refractivity contribution in [1.82, 2.24) is 5.32 Å². The predicted molar refractivity (Wildman–Crippen MR) is 77.4 cm³/mol. The van der Waals surface area contributed by atoms with E-state index in [1.807, 2.05) is 40.7 Å². The second-order valence-corrected chi connectivity index (χ2v) is 5.29. The summed E-state index contributed by atoms with van der Waals surface area (Å²) in [5.41, 5.74) is 8.79. The summed E-state index contributed by atoms with van der Waals surface area (Å²) in [6.45, 7) is 10.3. The molecule has 0 bridgehead atoms. The topological polar surface area (TPSA) is 64.3 Å². The minimum absolute atomic E-state index is 0.182. The van der Waals surface area contributed by atoms with E-state index in [2.05, 4.69) is 11.4 Å². The van der Waals surface area contributed by atoms with Gasteiger partial charge < -0.3 is 15.8 Å². The fourth-order valence-corrected chi connectivity index (χ4v) is 1.94. The smallest absolute Gasteiger partial charge is 0.238 e. The van der Waals surface area contributed by atoms with Gasteiger partial charge in [0.05, 0.1) is 0 Å². The number of aryl methyl sites for hydroxylation is 2. The molecule has 1 amide bonds. The second kappa shape index (κ2) is 6.57. The van der Waals surface area contributed by atoms with Crippen LogP contribution in [0.25, 0.3) is 0 Å². The molecule has 4 nitrogen and oxygen atoms in total. The summed E-state index contributed by atoms with van der Waals surface area (Å²) in [5, 5.41) is 3.10. The van der Waals surface area contributed by atoms with Gasteiger partial charge in [-0.25, -0.2) is 0 Å². The standard InChI is InChI=1S/C15H24N2O2/c1-9(2)17-13(15(16)18)8-19-14-7-10(3)6-11(4)12(14)5/h6-7,9,13,17H,8H2,1-5H3,(H2,16,18). The van der Waals surface area contributed by atoms with Gasteiger partial charge in [0, 0.05) is 6.04 Å². The highest BCUT2D eigenvalue weighted by Crippen LogP contribution is 2.23. The van der Waals surface area contributed by atoms with Gasteiger partial charge in [0.2, 0.25) is 5.91 Å². The predicted octanol–water partition coefficient (Wildman–Crippen LogP) is 1.84. The second-order valence-electron chi connectivity index (χ2n) is 5.29. The van der Waals surface area contributed by atoms with Crippen molar-refractivity contribution in [2.75, 3.05) is 6.61 Å². The Morgan fingerprint density at radius 3 is 2.47 bits per heavy atom. The quantitative estimate of drug-likeness (QED) is 0.824. The van der Waals surface area contributed by atoms with Crippen molar-refractivity contribution in [3.05, 3.63) is 28.8 Å². The number of amides is 1. The maximum Gasteiger partial charge on any atom is 0.238 e. The van der Waals surface area contributed by atoms with Gasteiger partial charge in [-0.05, 0) is 43.5 Å². The number of hydrogen-bond acceptors (Lipinski definition) is 3. The zero-order valence-electron chi connectivity index (χ0n) is 12.4. The molecule has 106 valence electrons. The normalized spacial score (nSPS) is 12.5. The van der Waals surface area contributed by atoms with E-state index >= 15 is 0 Å². The third-order valence-electron chi connectivity index (χ3n) is 3.05. The van der Waals surface area contributed by atoms with Gasteiger partial charge in [-0.15, -0.1) is 0 Å². The van der Waals surface area contributed by atoms with Crippen LogP contribution in [0.4, 0.5) is 0 Å². The zero-order chi connectivity index (χ0) is 14.6. The number of carbonyl (C=O) groups excluding carboxylic acids is 1. The summed E-state index contributed by atoms with van der Waals surface area (Å²) in [6.07, 6.45) is 0. The van der Waals surface area contributed by atoms with E-state index in [9.17, 15) is 4.79 Å². The van der Waals surface area contributed by atoms with Gasteiger partial charge >= 0.3 is 0 Å². The highest BCUT2D eigenvalue weighted by Gasteiger charge is 2.17. The number of ether oxygens (including phenoxy) is 1. The van der Waals surface area contributed by atoms with Crippen molar-refractivity contribution in [3.63, 3.8) is 0 Å². The molecule has 1 aromatic carbocycles. The number of primary amides is 1. The fourth-order valence-electron chi connectivity index (χ4n) is 1.94. The molecule has 1 unspecified atom stereocenters. The summed E-state index contributed by atoms with van der Waals surface area (Å²) in [5.74, 6) is 0.421. The molecule has 0 fully saturated rings. The van der Waals surface area contributed by atoms with Crippen LogP contribution in [0.1, 0.15) is 30.5 Å². The lowest BCUT2D eigenvalue weighted by molar-refractivity contribution is -0.120. The number of benzene rings is 1. The lowest BCUT2D eigenvalue weighted by Crippen LogP contribution is -2.48. The van der Waals surface area contributed by atoms with E-state index in [4.69, 9.17) is 10.5 Å². The first-order valence-electron chi connectivity index (χ1n) is 6.57. The highest BCUT2D eigenvalue weighted by molar-refractivity contribution is 5.80. The molecule has 19 heavy (non-hydrogen) atoms. The first-order chi connectivity index (χ1) is 8.81. The molecule has 0 aliphatic rings. The summed E-state index contributed by atoms with van der Waals surface area (Å²) >= 11 is 0. The Hall–Kier alpha value is -1.55. The maximum absolute atomic E-state index is 11.4. The number of hydrogen-bond donors (Lipinski definition) is 2. The third-order valence-corrected chi connectivity index (χ3v) is 3.05. The van der Waals surface area contributed by atoms with Gasteiger partial charge in [0.15, 0.2) is 0 Å². The molecule has 4 heteroatoms. The molecule has 0 spiro atoms. The number of nitrogens with one attached hydrogen (secondary N) is 1. The maximum atomic E-state index is 11.4. The van der Waals surface area contributed by atoms with Crippen molar-refractivity contribution in [2.24, 2.45) is 5.73 Å². The van der Waals surface area contributed by atoms with Crippen molar-refractivity contribution < 1.29 is 9.53 Å². The van der Waals surface area contributed by atoms with E-state index in [1.54, 1.807) is 0 Å². The van der Waals surface area contributed by atoms with Crippen LogP contribution < -0.4 is 15.8 Å². The molecule has 0 aliphatic carbocycles. The molecule has 1 atom stereocenters. The molecule has 0 saturated carbocycles. The molecule has 0 aromatic heterocycles. The zero-order valence-corrected chi connectivity index (χ0v) is 12.4. The number of nitrogens with two attached hydrogens (primary N) is 1. The van der Waals surface area contributed by atoms with Crippen LogP contribution in [0.5, 0.6) is 5.75 Å². The van der Waals surface area contributed by atoms with Crippen LogP contribution in [0, 0.1) is 20.8 Å². The number of rotatable bonds is 6.